The molecule has 1 atom stereocenters. The summed E-state index contributed by atoms with van der Waals surface area (Å²) in [5.41, 5.74) is 0.746. The number of carbonyl (C=O) groups is 2. The molecule has 1 N–H and O–H groups in total. The second-order valence-electron chi connectivity index (χ2n) is 6.61. The molecule has 2 aromatic carbocycles. The van der Waals surface area contributed by atoms with E-state index in [9.17, 15) is 14.0 Å². The maximum absolute atomic E-state index is 13.2. The van der Waals surface area contributed by atoms with Crippen molar-refractivity contribution in [1.29, 1.82) is 0 Å². The molecule has 0 aliphatic carbocycles. The second-order valence-corrected chi connectivity index (χ2v) is 7.85. The van der Waals surface area contributed by atoms with E-state index in [1.807, 2.05) is 26.0 Å². The van der Waals surface area contributed by atoms with Gasteiger partial charge in [-0.25, -0.2) is 4.39 Å². The molecule has 0 saturated heterocycles. The Balaban J connectivity index is 2.16. The molecule has 0 spiro atoms. The fourth-order valence-electron chi connectivity index (χ4n) is 2.83. The molecule has 0 aliphatic rings. The first-order valence-electron chi connectivity index (χ1n) is 9.64. The molecule has 0 radical (unpaired) electrons. The number of hydrogen-bond acceptors (Lipinski definition) is 3. The van der Waals surface area contributed by atoms with E-state index in [1.54, 1.807) is 24.3 Å². The van der Waals surface area contributed by atoms with Crippen LogP contribution in [0.2, 0.25) is 0 Å². The summed E-state index contributed by atoms with van der Waals surface area (Å²) in [5, 5.41) is 2.86. The zero-order valence-corrected chi connectivity index (χ0v) is 18.8. The van der Waals surface area contributed by atoms with Crippen molar-refractivity contribution in [1.82, 2.24) is 10.2 Å². The summed E-state index contributed by atoms with van der Waals surface area (Å²) in [6.45, 7) is 4.40. The van der Waals surface area contributed by atoms with Gasteiger partial charge >= 0.3 is 0 Å². The van der Waals surface area contributed by atoms with Crippen molar-refractivity contribution in [3.8, 4) is 5.75 Å². The van der Waals surface area contributed by atoms with Crippen LogP contribution in [0.15, 0.2) is 48.5 Å². The first kappa shape index (κ1) is 23.1. The van der Waals surface area contributed by atoms with Crippen LogP contribution < -0.4 is 10.1 Å². The number of halogens is 2. The Morgan fingerprint density at radius 1 is 1.10 bits per heavy atom. The maximum Gasteiger partial charge on any atom is 0.261 e. The highest BCUT2D eigenvalue weighted by Crippen LogP contribution is 2.16. The fraction of sp³-hybridized carbons (Fsp3) is 0.364. The predicted molar refractivity (Wildman–Crippen MR) is 119 cm³/mol. The highest BCUT2D eigenvalue weighted by molar-refractivity contribution is 14.1. The third-order valence-corrected chi connectivity index (χ3v) is 5.10. The van der Waals surface area contributed by atoms with Crippen molar-refractivity contribution < 1.29 is 18.7 Å². The Labute approximate surface area is 184 Å². The highest BCUT2D eigenvalue weighted by Gasteiger charge is 2.28. The van der Waals surface area contributed by atoms with E-state index in [1.165, 1.54) is 17.0 Å². The Bertz CT molecular complexity index is 797. The number of carbonyl (C=O) groups excluding carboxylic acids is 2. The van der Waals surface area contributed by atoms with E-state index in [2.05, 4.69) is 27.9 Å². The summed E-state index contributed by atoms with van der Waals surface area (Å²) in [4.78, 5) is 27.1. The van der Waals surface area contributed by atoms with Gasteiger partial charge in [-0.15, -0.1) is 0 Å². The topological polar surface area (TPSA) is 58.6 Å². The lowest BCUT2D eigenvalue weighted by atomic mass is 10.1. The van der Waals surface area contributed by atoms with Crippen molar-refractivity contribution in [2.45, 2.75) is 39.3 Å². The summed E-state index contributed by atoms with van der Waals surface area (Å²) in [6.07, 6.45) is 1.27. The molecule has 0 aromatic heterocycles. The van der Waals surface area contributed by atoms with Gasteiger partial charge in [0, 0.05) is 16.7 Å². The van der Waals surface area contributed by atoms with Gasteiger partial charge in [0.2, 0.25) is 5.91 Å². The summed E-state index contributed by atoms with van der Waals surface area (Å²) >= 11 is 2.19. The average Bonchev–Trinajstić information content (AvgIpc) is 2.72. The lowest BCUT2D eigenvalue weighted by Gasteiger charge is -2.30. The third kappa shape index (κ3) is 7.30. The molecular formula is C22H26FIN2O3. The number of ether oxygens (including phenoxy) is 1. The normalized spacial score (nSPS) is 11.6. The molecule has 2 rings (SSSR count). The number of benzene rings is 2. The van der Waals surface area contributed by atoms with Crippen LogP contribution in [-0.4, -0.2) is 35.9 Å². The van der Waals surface area contributed by atoms with Gasteiger partial charge in [0.25, 0.3) is 5.91 Å². The fourth-order valence-corrected chi connectivity index (χ4v) is 3.19. The van der Waals surface area contributed by atoms with Gasteiger partial charge in [0.05, 0.1) is 0 Å². The number of rotatable bonds is 10. The highest BCUT2D eigenvalue weighted by atomic mass is 127. The predicted octanol–water partition coefficient (Wildman–Crippen LogP) is 4.14. The van der Waals surface area contributed by atoms with E-state index < -0.39 is 6.04 Å². The minimum absolute atomic E-state index is 0.181. The van der Waals surface area contributed by atoms with Crippen molar-refractivity contribution in [2.75, 3.05) is 13.2 Å². The van der Waals surface area contributed by atoms with Gasteiger partial charge in [-0.05, 0) is 77.4 Å². The van der Waals surface area contributed by atoms with Crippen molar-refractivity contribution in [3.05, 3.63) is 63.5 Å². The molecular weight excluding hydrogens is 486 g/mol. The van der Waals surface area contributed by atoms with Crippen LogP contribution >= 0.6 is 22.6 Å². The lowest BCUT2D eigenvalue weighted by molar-refractivity contribution is -0.143. The van der Waals surface area contributed by atoms with Gasteiger partial charge in [-0.3, -0.25) is 9.59 Å². The standard InChI is InChI=1S/C22H26FIN2O3/c1-3-13-25-22(28)20(4-2)26(14-16-5-7-17(23)8-6-16)21(27)15-29-19-11-9-18(24)10-12-19/h5-12,20H,3-4,13-15H2,1-2H3,(H,25,28). The SMILES string of the molecule is CCCNC(=O)C(CC)N(Cc1ccc(F)cc1)C(=O)COc1ccc(I)cc1. The molecule has 29 heavy (non-hydrogen) atoms. The van der Waals surface area contributed by atoms with E-state index in [0.29, 0.717) is 18.7 Å². The summed E-state index contributed by atoms with van der Waals surface area (Å²) < 4.78 is 19.9. The average molecular weight is 512 g/mol. The Hall–Kier alpha value is -2.16. The molecule has 0 aliphatic heterocycles. The third-order valence-electron chi connectivity index (χ3n) is 4.38. The van der Waals surface area contributed by atoms with Crippen LogP contribution in [0.25, 0.3) is 0 Å². The molecule has 2 amide bonds. The van der Waals surface area contributed by atoms with Crippen LogP contribution in [0.4, 0.5) is 4.39 Å². The van der Waals surface area contributed by atoms with Gasteiger partial charge in [-0.2, -0.15) is 0 Å². The van der Waals surface area contributed by atoms with Crippen molar-refractivity contribution >= 4 is 34.4 Å². The Morgan fingerprint density at radius 3 is 2.34 bits per heavy atom. The lowest BCUT2D eigenvalue weighted by Crippen LogP contribution is -2.50. The van der Waals surface area contributed by atoms with Crippen molar-refractivity contribution in [3.63, 3.8) is 0 Å². The molecule has 7 heteroatoms. The van der Waals surface area contributed by atoms with Gasteiger partial charge < -0.3 is 15.0 Å². The molecule has 156 valence electrons. The largest absolute Gasteiger partial charge is 0.484 e. The van der Waals surface area contributed by atoms with E-state index >= 15 is 0 Å². The molecule has 0 fully saturated rings. The molecule has 1 unspecified atom stereocenters. The van der Waals surface area contributed by atoms with Crippen molar-refractivity contribution in [2.24, 2.45) is 0 Å². The number of hydrogen-bond donors (Lipinski definition) is 1. The molecule has 0 heterocycles. The van der Waals surface area contributed by atoms with E-state index in [-0.39, 0.29) is 30.8 Å². The molecule has 2 aromatic rings. The van der Waals surface area contributed by atoms with Gasteiger partial charge in [0.15, 0.2) is 6.61 Å². The van der Waals surface area contributed by atoms with Crippen LogP contribution in [-0.2, 0) is 16.1 Å². The quantitative estimate of drug-likeness (QED) is 0.487. The van der Waals surface area contributed by atoms with E-state index in [0.717, 1.165) is 15.6 Å². The second kappa shape index (κ2) is 11.7. The van der Waals surface area contributed by atoms with Gasteiger partial charge in [0.1, 0.15) is 17.6 Å². The summed E-state index contributed by atoms with van der Waals surface area (Å²) in [5.74, 6) is -0.254. The monoisotopic (exact) mass is 512 g/mol. The van der Waals surface area contributed by atoms with Gasteiger partial charge in [-0.1, -0.05) is 26.0 Å². The maximum atomic E-state index is 13.2. The number of amides is 2. The zero-order valence-electron chi connectivity index (χ0n) is 16.7. The van der Waals surface area contributed by atoms with Crippen LogP contribution in [0.5, 0.6) is 5.75 Å². The Morgan fingerprint density at radius 2 is 1.76 bits per heavy atom. The first-order chi connectivity index (χ1) is 13.9. The first-order valence-corrected chi connectivity index (χ1v) is 10.7. The minimum Gasteiger partial charge on any atom is -0.484 e. The molecule has 0 bridgehead atoms. The summed E-state index contributed by atoms with van der Waals surface area (Å²) in [7, 11) is 0. The van der Waals surface area contributed by atoms with Crippen LogP contribution in [0, 0.1) is 9.39 Å². The van der Waals surface area contributed by atoms with Crippen LogP contribution in [0.3, 0.4) is 0 Å². The van der Waals surface area contributed by atoms with E-state index in [4.69, 9.17) is 4.74 Å². The number of nitrogens with zero attached hydrogens (tertiary/aromatic N) is 1. The smallest absolute Gasteiger partial charge is 0.261 e. The summed E-state index contributed by atoms with van der Waals surface area (Å²) in [6, 6.07) is 12.7. The Kier molecular flexibility index (Phi) is 9.37. The number of nitrogens with one attached hydrogen (secondary N) is 1. The molecule has 5 nitrogen and oxygen atoms in total. The minimum atomic E-state index is -0.626. The zero-order chi connectivity index (χ0) is 21.2. The van der Waals surface area contributed by atoms with Crippen LogP contribution in [0.1, 0.15) is 32.3 Å². The molecule has 0 saturated carbocycles.